The van der Waals surface area contributed by atoms with E-state index in [1.165, 1.54) is 0 Å². The molecule has 1 fully saturated rings. The van der Waals surface area contributed by atoms with Crippen molar-refractivity contribution in [3.8, 4) is 11.8 Å². The Kier molecular flexibility index (Phi) is 4.81. The lowest BCUT2D eigenvalue weighted by atomic mass is 9.82. The summed E-state index contributed by atoms with van der Waals surface area (Å²) >= 11 is 0. The second-order valence-corrected chi connectivity index (χ2v) is 5.55. The highest BCUT2D eigenvalue weighted by atomic mass is 16.2. The number of aliphatic hydroxyl groups is 1. The van der Waals surface area contributed by atoms with E-state index in [1.807, 2.05) is 25.1 Å². The van der Waals surface area contributed by atoms with E-state index in [0.717, 1.165) is 29.9 Å². The van der Waals surface area contributed by atoms with Crippen molar-refractivity contribution in [3.63, 3.8) is 0 Å². The molecule has 0 aromatic heterocycles. The van der Waals surface area contributed by atoms with Gasteiger partial charge in [0.15, 0.2) is 0 Å². The van der Waals surface area contributed by atoms with Crippen molar-refractivity contribution >= 4 is 5.91 Å². The lowest BCUT2D eigenvalue weighted by Crippen LogP contribution is -2.43. The van der Waals surface area contributed by atoms with Crippen LogP contribution in [-0.4, -0.2) is 23.7 Å². The molecule has 0 radical (unpaired) electrons. The molecule has 20 heavy (non-hydrogen) atoms. The molecule has 1 amide bonds. The SMILES string of the molecule is Cc1ccc(C(=O)NC2CC(C)C2)cc1C#CCCO. The molecule has 0 saturated heterocycles. The van der Waals surface area contributed by atoms with Crippen molar-refractivity contribution in [1.82, 2.24) is 5.32 Å². The number of hydrogen-bond donors (Lipinski definition) is 2. The average molecular weight is 271 g/mol. The highest BCUT2D eigenvalue weighted by molar-refractivity contribution is 5.95. The second-order valence-electron chi connectivity index (χ2n) is 5.55. The highest BCUT2D eigenvalue weighted by Gasteiger charge is 2.26. The minimum absolute atomic E-state index is 0.0212. The van der Waals surface area contributed by atoms with Gasteiger partial charge in [-0.15, -0.1) is 0 Å². The van der Waals surface area contributed by atoms with Crippen LogP contribution < -0.4 is 5.32 Å². The van der Waals surface area contributed by atoms with E-state index in [1.54, 1.807) is 0 Å². The summed E-state index contributed by atoms with van der Waals surface area (Å²) in [5.41, 5.74) is 2.56. The molecule has 0 heterocycles. The summed E-state index contributed by atoms with van der Waals surface area (Å²) in [6.07, 6.45) is 2.59. The van der Waals surface area contributed by atoms with Crippen LogP contribution in [0.5, 0.6) is 0 Å². The van der Waals surface area contributed by atoms with Crippen LogP contribution in [0.15, 0.2) is 18.2 Å². The first-order valence-corrected chi connectivity index (χ1v) is 7.11. The Labute approximate surface area is 120 Å². The summed E-state index contributed by atoms with van der Waals surface area (Å²) in [5.74, 6) is 6.60. The third-order valence-corrected chi connectivity index (χ3v) is 3.67. The third kappa shape index (κ3) is 3.61. The fourth-order valence-corrected chi connectivity index (χ4v) is 2.40. The van der Waals surface area contributed by atoms with Crippen LogP contribution in [-0.2, 0) is 0 Å². The van der Waals surface area contributed by atoms with Gasteiger partial charge in [-0.25, -0.2) is 0 Å². The van der Waals surface area contributed by atoms with Crippen LogP contribution in [0, 0.1) is 24.7 Å². The van der Waals surface area contributed by atoms with Gasteiger partial charge in [0.2, 0.25) is 0 Å². The van der Waals surface area contributed by atoms with E-state index in [4.69, 9.17) is 5.11 Å². The number of carbonyl (C=O) groups excluding carboxylic acids is 1. The molecule has 0 spiro atoms. The molecule has 2 N–H and O–H groups in total. The van der Waals surface area contributed by atoms with Crippen molar-refractivity contribution < 1.29 is 9.90 Å². The molecule has 1 aliphatic rings. The average Bonchev–Trinajstić information content (AvgIpc) is 2.39. The maximum atomic E-state index is 12.1. The quantitative estimate of drug-likeness (QED) is 0.828. The summed E-state index contributed by atoms with van der Waals surface area (Å²) in [6, 6.07) is 5.91. The molecule has 1 aliphatic carbocycles. The molecule has 2 rings (SSSR count). The molecule has 3 nitrogen and oxygen atoms in total. The van der Waals surface area contributed by atoms with E-state index < -0.39 is 0 Å². The summed E-state index contributed by atoms with van der Waals surface area (Å²) in [5, 5.41) is 11.8. The normalized spacial score (nSPS) is 20.6. The maximum absolute atomic E-state index is 12.1. The van der Waals surface area contributed by atoms with Gasteiger partial charge >= 0.3 is 0 Å². The van der Waals surface area contributed by atoms with Gasteiger partial charge in [0.25, 0.3) is 5.91 Å². The number of benzene rings is 1. The molecule has 106 valence electrons. The lowest BCUT2D eigenvalue weighted by Gasteiger charge is -2.33. The molecule has 0 bridgehead atoms. The monoisotopic (exact) mass is 271 g/mol. The third-order valence-electron chi connectivity index (χ3n) is 3.67. The Morgan fingerprint density at radius 1 is 1.45 bits per heavy atom. The number of aliphatic hydroxyl groups excluding tert-OH is 1. The summed E-state index contributed by atoms with van der Waals surface area (Å²) < 4.78 is 0. The number of carbonyl (C=O) groups is 1. The van der Waals surface area contributed by atoms with Crippen molar-refractivity contribution in [2.45, 2.75) is 39.2 Å². The molecule has 0 atom stereocenters. The Morgan fingerprint density at radius 3 is 2.85 bits per heavy atom. The second kappa shape index (κ2) is 6.58. The molecule has 3 heteroatoms. The van der Waals surface area contributed by atoms with Gasteiger partial charge in [0.1, 0.15) is 0 Å². The Hall–Kier alpha value is -1.79. The molecule has 1 saturated carbocycles. The Balaban J connectivity index is 2.06. The van der Waals surface area contributed by atoms with Crippen molar-refractivity contribution in [2.24, 2.45) is 5.92 Å². The van der Waals surface area contributed by atoms with Gasteiger partial charge < -0.3 is 10.4 Å². The fraction of sp³-hybridized carbons (Fsp3) is 0.471. The Morgan fingerprint density at radius 2 is 2.20 bits per heavy atom. The number of rotatable bonds is 3. The first kappa shape index (κ1) is 14.6. The van der Waals surface area contributed by atoms with Gasteiger partial charge in [-0.2, -0.15) is 0 Å². The molecular weight excluding hydrogens is 250 g/mol. The van der Waals surface area contributed by atoms with Crippen LogP contribution in [0.4, 0.5) is 0 Å². The summed E-state index contributed by atoms with van der Waals surface area (Å²) in [4.78, 5) is 12.1. The smallest absolute Gasteiger partial charge is 0.251 e. The molecular formula is C17H21NO2. The molecule has 0 aliphatic heterocycles. The van der Waals surface area contributed by atoms with Crippen molar-refractivity contribution in [1.29, 1.82) is 0 Å². The highest BCUT2D eigenvalue weighted by Crippen LogP contribution is 2.26. The van der Waals surface area contributed by atoms with Crippen LogP contribution in [0.2, 0.25) is 0 Å². The first-order chi connectivity index (χ1) is 9.60. The number of hydrogen-bond acceptors (Lipinski definition) is 2. The molecule has 0 unspecified atom stereocenters. The standard InChI is InChI=1S/C17H21NO2/c1-12-9-16(10-12)18-17(20)15-7-6-13(2)14(11-15)5-3-4-8-19/h6-7,11-12,16,19H,4,8-10H2,1-2H3,(H,18,20). The van der Waals surface area contributed by atoms with E-state index >= 15 is 0 Å². The van der Waals surface area contributed by atoms with Crippen LogP contribution in [0.3, 0.4) is 0 Å². The van der Waals surface area contributed by atoms with Crippen LogP contribution in [0.25, 0.3) is 0 Å². The zero-order valence-electron chi connectivity index (χ0n) is 12.1. The predicted octanol–water partition coefficient (Wildman–Crippen LogP) is 2.26. The zero-order valence-corrected chi connectivity index (χ0v) is 12.1. The number of amides is 1. The molecule has 1 aromatic carbocycles. The number of nitrogens with one attached hydrogen (secondary N) is 1. The largest absolute Gasteiger partial charge is 0.395 e. The van der Waals surface area contributed by atoms with Gasteiger partial charge in [0, 0.05) is 23.6 Å². The Bertz CT molecular complexity index is 548. The van der Waals surface area contributed by atoms with Crippen LogP contribution in [0.1, 0.15) is 47.7 Å². The van der Waals surface area contributed by atoms with Gasteiger partial charge in [-0.1, -0.05) is 24.8 Å². The molecule has 1 aromatic rings. The lowest BCUT2D eigenvalue weighted by molar-refractivity contribution is 0.0896. The number of aryl methyl sites for hydroxylation is 1. The van der Waals surface area contributed by atoms with Gasteiger partial charge in [-0.05, 0) is 43.4 Å². The zero-order chi connectivity index (χ0) is 14.5. The van der Waals surface area contributed by atoms with Crippen molar-refractivity contribution in [3.05, 3.63) is 34.9 Å². The minimum atomic E-state index is -0.0212. The summed E-state index contributed by atoms with van der Waals surface area (Å²) in [7, 11) is 0. The minimum Gasteiger partial charge on any atom is -0.395 e. The van der Waals surface area contributed by atoms with E-state index in [0.29, 0.717) is 18.0 Å². The maximum Gasteiger partial charge on any atom is 0.251 e. The van der Waals surface area contributed by atoms with E-state index in [-0.39, 0.29) is 12.5 Å². The van der Waals surface area contributed by atoms with Crippen molar-refractivity contribution in [2.75, 3.05) is 6.61 Å². The topological polar surface area (TPSA) is 49.3 Å². The first-order valence-electron chi connectivity index (χ1n) is 7.11. The van der Waals surface area contributed by atoms with Gasteiger partial charge in [0.05, 0.1) is 6.61 Å². The van der Waals surface area contributed by atoms with Crippen LogP contribution >= 0.6 is 0 Å². The van der Waals surface area contributed by atoms with E-state index in [9.17, 15) is 4.79 Å². The summed E-state index contributed by atoms with van der Waals surface area (Å²) in [6.45, 7) is 4.23. The van der Waals surface area contributed by atoms with E-state index in [2.05, 4.69) is 24.1 Å². The fourth-order valence-electron chi connectivity index (χ4n) is 2.40. The predicted molar refractivity (Wildman–Crippen MR) is 79.4 cm³/mol. The van der Waals surface area contributed by atoms with Gasteiger partial charge in [-0.3, -0.25) is 4.79 Å².